The Morgan fingerprint density at radius 2 is 2.07 bits per heavy atom. The maximum atomic E-state index is 12.5. The highest BCUT2D eigenvalue weighted by Gasteiger charge is 2.19. The first-order valence-corrected chi connectivity index (χ1v) is 9.70. The molecular weight excluding hydrogens is 354 g/mol. The molecule has 2 aromatic rings. The third kappa shape index (κ3) is 4.40. The van der Waals surface area contributed by atoms with Crippen molar-refractivity contribution in [3.63, 3.8) is 0 Å². The highest BCUT2D eigenvalue weighted by Crippen LogP contribution is 2.26. The lowest BCUT2D eigenvalue weighted by Crippen LogP contribution is -2.28. The quantitative estimate of drug-likeness (QED) is 0.809. The van der Waals surface area contributed by atoms with Gasteiger partial charge in [-0.05, 0) is 61.3 Å². The van der Waals surface area contributed by atoms with Crippen LogP contribution in [-0.2, 0) is 22.5 Å². The van der Waals surface area contributed by atoms with Crippen LogP contribution in [0.5, 0.6) is 0 Å². The van der Waals surface area contributed by atoms with Gasteiger partial charge in [-0.1, -0.05) is 12.1 Å². The number of rotatable bonds is 6. The zero-order valence-corrected chi connectivity index (χ0v) is 16.0. The van der Waals surface area contributed by atoms with E-state index in [1.807, 2.05) is 36.4 Å². The molecule has 0 aliphatic carbocycles. The van der Waals surface area contributed by atoms with E-state index in [2.05, 4.69) is 22.6 Å². The molecule has 1 saturated heterocycles. The fourth-order valence-electron chi connectivity index (χ4n) is 3.78. The van der Waals surface area contributed by atoms with Gasteiger partial charge < -0.3 is 15.4 Å². The van der Waals surface area contributed by atoms with Crippen molar-refractivity contribution in [2.75, 3.05) is 30.8 Å². The molecule has 2 N–H and O–H groups in total. The van der Waals surface area contributed by atoms with Crippen LogP contribution in [0, 0.1) is 0 Å². The molecule has 2 amide bonds. The van der Waals surface area contributed by atoms with Gasteiger partial charge in [0.05, 0.1) is 12.5 Å². The fraction of sp³-hybridized carbons (Fsp3) is 0.364. The Kier molecular flexibility index (Phi) is 5.41. The van der Waals surface area contributed by atoms with Crippen LogP contribution in [0.15, 0.2) is 42.5 Å². The summed E-state index contributed by atoms with van der Waals surface area (Å²) in [6, 6.07) is 13.2. The average Bonchev–Trinajstić information content (AvgIpc) is 3.30. The van der Waals surface area contributed by atoms with Crippen molar-refractivity contribution in [2.24, 2.45) is 0 Å². The van der Waals surface area contributed by atoms with Crippen molar-refractivity contribution in [1.82, 2.24) is 4.90 Å². The zero-order valence-electron chi connectivity index (χ0n) is 16.0. The van der Waals surface area contributed by atoms with Gasteiger partial charge in [-0.15, -0.1) is 0 Å². The highest BCUT2D eigenvalue weighted by molar-refractivity contribution is 6.05. The standard InChI is InChI=1S/C22H25N3O3/c1-25(14-19-3-2-10-28-19)13-15-4-6-16(7-5-15)22(27)23-18-8-9-20-17(11-18)12-21(26)24-20/h4-9,11,19H,2-3,10,12-14H2,1H3,(H,23,27)(H,24,26)/t19-/m1/s1. The van der Waals surface area contributed by atoms with Gasteiger partial charge in [-0.2, -0.15) is 0 Å². The van der Waals surface area contributed by atoms with Crippen molar-refractivity contribution in [1.29, 1.82) is 0 Å². The van der Waals surface area contributed by atoms with Crippen LogP contribution in [0.2, 0.25) is 0 Å². The van der Waals surface area contributed by atoms with Crippen LogP contribution in [-0.4, -0.2) is 43.0 Å². The summed E-state index contributed by atoms with van der Waals surface area (Å²) < 4.78 is 5.68. The van der Waals surface area contributed by atoms with Crippen molar-refractivity contribution < 1.29 is 14.3 Å². The predicted molar refractivity (Wildman–Crippen MR) is 108 cm³/mol. The van der Waals surface area contributed by atoms with Crippen LogP contribution in [0.4, 0.5) is 11.4 Å². The first-order chi connectivity index (χ1) is 13.6. The molecule has 2 aliphatic rings. The number of anilines is 2. The molecule has 1 atom stereocenters. The third-order valence-corrected chi connectivity index (χ3v) is 5.20. The number of likely N-dealkylation sites (N-methyl/N-ethyl adjacent to an activating group) is 1. The second-order valence-electron chi connectivity index (χ2n) is 7.58. The molecule has 0 unspecified atom stereocenters. The number of nitrogens with one attached hydrogen (secondary N) is 2. The van der Waals surface area contributed by atoms with Gasteiger partial charge in [0.15, 0.2) is 0 Å². The predicted octanol–water partition coefficient (Wildman–Crippen LogP) is 3.04. The number of ether oxygens (including phenoxy) is 1. The maximum absolute atomic E-state index is 12.5. The number of carbonyl (C=O) groups is 2. The molecule has 1 fully saturated rings. The summed E-state index contributed by atoms with van der Waals surface area (Å²) in [5.41, 5.74) is 4.20. The molecule has 6 heteroatoms. The molecule has 0 aromatic heterocycles. The molecule has 28 heavy (non-hydrogen) atoms. The van der Waals surface area contributed by atoms with E-state index in [0.717, 1.165) is 43.8 Å². The summed E-state index contributed by atoms with van der Waals surface area (Å²) >= 11 is 0. The Labute approximate surface area is 164 Å². The molecule has 2 heterocycles. The molecule has 4 rings (SSSR count). The number of benzene rings is 2. The van der Waals surface area contributed by atoms with Crippen LogP contribution >= 0.6 is 0 Å². The minimum Gasteiger partial charge on any atom is -0.377 e. The number of carbonyl (C=O) groups excluding carboxylic acids is 2. The number of fused-ring (bicyclic) bond motifs is 1. The average molecular weight is 379 g/mol. The SMILES string of the molecule is CN(Cc1ccc(C(=O)Nc2ccc3c(c2)CC(=O)N3)cc1)C[C@H]1CCCO1. The van der Waals surface area contributed by atoms with Gasteiger partial charge in [0.2, 0.25) is 5.91 Å². The Hall–Kier alpha value is -2.70. The monoisotopic (exact) mass is 379 g/mol. The molecule has 0 radical (unpaired) electrons. The zero-order chi connectivity index (χ0) is 19.5. The maximum Gasteiger partial charge on any atom is 0.255 e. The Bertz CT molecular complexity index is 873. The lowest BCUT2D eigenvalue weighted by molar-refractivity contribution is -0.115. The molecule has 2 aromatic carbocycles. The summed E-state index contributed by atoms with van der Waals surface area (Å²) in [5, 5.41) is 5.70. The van der Waals surface area contributed by atoms with Crippen molar-refractivity contribution in [3.8, 4) is 0 Å². The molecule has 6 nitrogen and oxygen atoms in total. The summed E-state index contributed by atoms with van der Waals surface area (Å²) in [6.45, 7) is 2.63. The Balaban J connectivity index is 1.33. The van der Waals surface area contributed by atoms with E-state index in [1.165, 1.54) is 5.56 Å². The van der Waals surface area contributed by atoms with E-state index >= 15 is 0 Å². The molecular formula is C22H25N3O3. The second kappa shape index (κ2) is 8.12. The van der Waals surface area contributed by atoms with Gasteiger partial charge in [0.25, 0.3) is 5.91 Å². The lowest BCUT2D eigenvalue weighted by atomic mass is 10.1. The van der Waals surface area contributed by atoms with Gasteiger partial charge in [0.1, 0.15) is 0 Å². The smallest absolute Gasteiger partial charge is 0.255 e. The van der Waals surface area contributed by atoms with Gasteiger partial charge in [-0.3, -0.25) is 14.5 Å². The van der Waals surface area contributed by atoms with Gasteiger partial charge in [-0.25, -0.2) is 0 Å². The number of nitrogens with zero attached hydrogens (tertiary/aromatic N) is 1. The van der Waals surface area contributed by atoms with Gasteiger partial charge >= 0.3 is 0 Å². The Morgan fingerprint density at radius 3 is 2.82 bits per heavy atom. The highest BCUT2D eigenvalue weighted by atomic mass is 16.5. The van der Waals surface area contributed by atoms with Crippen molar-refractivity contribution in [3.05, 3.63) is 59.2 Å². The summed E-state index contributed by atoms with van der Waals surface area (Å²) in [4.78, 5) is 26.2. The number of hydrogen-bond donors (Lipinski definition) is 2. The minimum atomic E-state index is -0.156. The number of amides is 2. The lowest BCUT2D eigenvalue weighted by Gasteiger charge is -2.20. The first kappa shape index (κ1) is 18.7. The second-order valence-corrected chi connectivity index (χ2v) is 7.58. The largest absolute Gasteiger partial charge is 0.377 e. The minimum absolute atomic E-state index is 0.0153. The van der Waals surface area contributed by atoms with Gasteiger partial charge in [0, 0.05) is 36.6 Å². The molecule has 146 valence electrons. The van der Waals surface area contributed by atoms with E-state index in [4.69, 9.17) is 4.74 Å². The normalized spacial score (nSPS) is 18.2. The third-order valence-electron chi connectivity index (χ3n) is 5.20. The van der Waals surface area contributed by atoms with Crippen LogP contribution < -0.4 is 10.6 Å². The topological polar surface area (TPSA) is 70.7 Å². The molecule has 0 bridgehead atoms. The van der Waals surface area contributed by atoms with Crippen LogP contribution in [0.1, 0.15) is 34.3 Å². The van der Waals surface area contributed by atoms with E-state index in [9.17, 15) is 9.59 Å². The Morgan fingerprint density at radius 1 is 1.25 bits per heavy atom. The summed E-state index contributed by atoms with van der Waals surface area (Å²) in [6.07, 6.45) is 2.98. The summed E-state index contributed by atoms with van der Waals surface area (Å²) in [5.74, 6) is -0.171. The fourth-order valence-corrected chi connectivity index (χ4v) is 3.78. The van der Waals surface area contributed by atoms with Crippen molar-refractivity contribution in [2.45, 2.75) is 31.9 Å². The van der Waals surface area contributed by atoms with E-state index in [-0.39, 0.29) is 11.8 Å². The molecule has 0 spiro atoms. The van der Waals surface area contributed by atoms with E-state index < -0.39 is 0 Å². The summed E-state index contributed by atoms with van der Waals surface area (Å²) in [7, 11) is 2.09. The van der Waals surface area contributed by atoms with E-state index in [0.29, 0.717) is 23.8 Å². The number of hydrogen-bond acceptors (Lipinski definition) is 4. The molecule has 2 aliphatic heterocycles. The first-order valence-electron chi connectivity index (χ1n) is 9.70. The van der Waals surface area contributed by atoms with Crippen molar-refractivity contribution >= 4 is 23.2 Å². The van der Waals surface area contributed by atoms with Crippen LogP contribution in [0.25, 0.3) is 0 Å². The van der Waals surface area contributed by atoms with Crippen LogP contribution in [0.3, 0.4) is 0 Å². The van der Waals surface area contributed by atoms with E-state index in [1.54, 1.807) is 6.07 Å². The molecule has 0 saturated carbocycles.